The standard InChI is InChI=1S/C19H19N3O2S2/c20-17(23)6-8-22(11-14-4-2-1-3-5-14)18(24)10-16-13-26-19(21-16)15-7-9-25-12-15/h1-5,7,9,12-13H,6,8,10-11H2,(H2,20,23). The minimum absolute atomic E-state index is 0.0581. The van der Waals surface area contributed by atoms with Crippen LogP contribution in [0, 0.1) is 0 Å². The average Bonchev–Trinajstić information content (AvgIpc) is 3.30. The fourth-order valence-electron chi connectivity index (χ4n) is 2.51. The summed E-state index contributed by atoms with van der Waals surface area (Å²) in [7, 11) is 0. The van der Waals surface area contributed by atoms with Crippen LogP contribution >= 0.6 is 22.7 Å². The second-order valence-electron chi connectivity index (χ2n) is 5.85. The van der Waals surface area contributed by atoms with Gasteiger partial charge in [-0.2, -0.15) is 11.3 Å². The first-order chi connectivity index (χ1) is 12.6. The maximum atomic E-state index is 12.8. The van der Waals surface area contributed by atoms with Crippen LogP contribution in [0.2, 0.25) is 0 Å². The van der Waals surface area contributed by atoms with Crippen molar-refractivity contribution in [1.82, 2.24) is 9.88 Å². The number of benzene rings is 1. The van der Waals surface area contributed by atoms with Crippen molar-refractivity contribution in [1.29, 1.82) is 0 Å². The molecule has 5 nitrogen and oxygen atoms in total. The fraction of sp³-hybridized carbons (Fsp3) is 0.211. The number of hydrogen-bond acceptors (Lipinski definition) is 5. The largest absolute Gasteiger partial charge is 0.370 e. The summed E-state index contributed by atoms with van der Waals surface area (Å²) in [6.45, 7) is 0.763. The second kappa shape index (κ2) is 8.73. The zero-order chi connectivity index (χ0) is 18.4. The lowest BCUT2D eigenvalue weighted by atomic mass is 10.2. The Morgan fingerprint density at radius 2 is 1.92 bits per heavy atom. The van der Waals surface area contributed by atoms with Gasteiger partial charge in [0.05, 0.1) is 12.1 Å². The Morgan fingerprint density at radius 1 is 1.12 bits per heavy atom. The van der Waals surface area contributed by atoms with E-state index >= 15 is 0 Å². The average molecular weight is 386 g/mol. The molecule has 0 aliphatic carbocycles. The van der Waals surface area contributed by atoms with Crippen LogP contribution in [0.15, 0.2) is 52.5 Å². The zero-order valence-corrected chi connectivity index (χ0v) is 15.8. The summed E-state index contributed by atoms with van der Waals surface area (Å²) in [5.74, 6) is -0.471. The topological polar surface area (TPSA) is 76.3 Å². The number of rotatable bonds is 8. The van der Waals surface area contributed by atoms with Gasteiger partial charge in [-0.3, -0.25) is 9.59 Å². The molecule has 2 N–H and O–H groups in total. The molecule has 0 spiro atoms. The lowest BCUT2D eigenvalue weighted by Gasteiger charge is -2.22. The van der Waals surface area contributed by atoms with Crippen molar-refractivity contribution in [2.75, 3.05) is 6.54 Å². The molecule has 0 atom stereocenters. The van der Waals surface area contributed by atoms with Gasteiger partial charge in [0, 0.05) is 35.8 Å². The van der Waals surface area contributed by atoms with Gasteiger partial charge in [-0.05, 0) is 17.0 Å². The fourth-order valence-corrected chi connectivity index (χ4v) is 4.05. The molecule has 7 heteroatoms. The molecule has 0 saturated heterocycles. The Labute approximate surface area is 160 Å². The molecule has 0 saturated carbocycles. The quantitative estimate of drug-likeness (QED) is 0.646. The van der Waals surface area contributed by atoms with Crippen LogP contribution in [-0.4, -0.2) is 28.2 Å². The summed E-state index contributed by atoms with van der Waals surface area (Å²) in [4.78, 5) is 30.1. The third-order valence-corrected chi connectivity index (χ3v) is 5.47. The molecule has 26 heavy (non-hydrogen) atoms. The molecular formula is C19H19N3O2S2. The number of amides is 2. The van der Waals surface area contributed by atoms with Gasteiger partial charge >= 0.3 is 0 Å². The van der Waals surface area contributed by atoms with Crippen LogP contribution in [0.1, 0.15) is 17.7 Å². The predicted octanol–water partition coefficient (Wildman–Crippen LogP) is 3.32. The number of nitrogens with two attached hydrogens (primary N) is 1. The number of carbonyl (C=O) groups is 2. The number of nitrogens with zero attached hydrogens (tertiary/aromatic N) is 2. The third-order valence-electron chi connectivity index (χ3n) is 3.85. The van der Waals surface area contributed by atoms with Crippen LogP contribution in [0.4, 0.5) is 0 Å². The summed E-state index contributed by atoms with van der Waals surface area (Å²) in [6, 6.07) is 11.7. The number of thiazole rings is 1. The van der Waals surface area contributed by atoms with Crippen molar-refractivity contribution in [3.63, 3.8) is 0 Å². The van der Waals surface area contributed by atoms with Gasteiger partial charge in [-0.1, -0.05) is 30.3 Å². The van der Waals surface area contributed by atoms with Gasteiger partial charge in [-0.25, -0.2) is 4.98 Å². The van der Waals surface area contributed by atoms with E-state index in [2.05, 4.69) is 4.98 Å². The lowest BCUT2D eigenvalue weighted by Crippen LogP contribution is -2.34. The number of thiophene rings is 1. The third kappa shape index (κ3) is 5.00. The number of hydrogen-bond donors (Lipinski definition) is 1. The van der Waals surface area contributed by atoms with Crippen molar-refractivity contribution in [2.45, 2.75) is 19.4 Å². The smallest absolute Gasteiger partial charge is 0.228 e. The van der Waals surface area contributed by atoms with E-state index < -0.39 is 5.91 Å². The highest BCUT2D eigenvalue weighted by atomic mass is 32.1. The highest BCUT2D eigenvalue weighted by molar-refractivity contribution is 7.14. The molecule has 2 heterocycles. The minimum atomic E-state index is -0.413. The van der Waals surface area contributed by atoms with Crippen LogP contribution in [0.25, 0.3) is 10.6 Å². The van der Waals surface area contributed by atoms with Crippen molar-refractivity contribution >= 4 is 34.5 Å². The SMILES string of the molecule is NC(=O)CCN(Cc1ccccc1)C(=O)Cc1csc(-c2ccsc2)n1. The van der Waals surface area contributed by atoms with Crippen LogP contribution in [0.3, 0.4) is 0 Å². The van der Waals surface area contributed by atoms with E-state index in [1.807, 2.05) is 52.5 Å². The number of carbonyl (C=O) groups excluding carboxylic acids is 2. The molecule has 0 aliphatic heterocycles. The van der Waals surface area contributed by atoms with E-state index in [0.717, 1.165) is 21.8 Å². The molecule has 0 fully saturated rings. The monoisotopic (exact) mass is 385 g/mol. The van der Waals surface area contributed by atoms with E-state index in [1.165, 1.54) is 11.3 Å². The van der Waals surface area contributed by atoms with Crippen molar-refractivity contribution < 1.29 is 9.59 Å². The summed E-state index contributed by atoms with van der Waals surface area (Å²) >= 11 is 3.15. The molecule has 2 aromatic heterocycles. The molecule has 0 bridgehead atoms. The number of aromatic nitrogens is 1. The first-order valence-corrected chi connectivity index (χ1v) is 10.0. The molecule has 0 unspecified atom stereocenters. The zero-order valence-electron chi connectivity index (χ0n) is 14.1. The predicted molar refractivity (Wildman–Crippen MR) is 105 cm³/mol. The summed E-state index contributed by atoms with van der Waals surface area (Å²) < 4.78 is 0. The minimum Gasteiger partial charge on any atom is -0.370 e. The van der Waals surface area contributed by atoms with Gasteiger partial charge in [0.15, 0.2) is 0 Å². The highest BCUT2D eigenvalue weighted by Gasteiger charge is 2.17. The van der Waals surface area contributed by atoms with E-state index in [-0.39, 0.29) is 18.7 Å². The maximum absolute atomic E-state index is 12.8. The van der Waals surface area contributed by atoms with Gasteiger partial charge in [0.1, 0.15) is 5.01 Å². The van der Waals surface area contributed by atoms with Gasteiger partial charge in [-0.15, -0.1) is 11.3 Å². The molecule has 2 amide bonds. The Morgan fingerprint density at radius 3 is 2.62 bits per heavy atom. The molecule has 134 valence electrons. The van der Waals surface area contributed by atoms with Crippen LogP contribution < -0.4 is 5.73 Å². The summed E-state index contributed by atoms with van der Waals surface area (Å²) in [5.41, 5.74) is 8.10. The molecule has 1 aromatic carbocycles. The normalized spacial score (nSPS) is 10.6. The van der Waals surface area contributed by atoms with E-state index in [1.54, 1.807) is 16.2 Å². The van der Waals surface area contributed by atoms with Gasteiger partial charge < -0.3 is 10.6 Å². The summed E-state index contributed by atoms with van der Waals surface area (Å²) in [6.07, 6.45) is 0.363. The molecule has 3 aromatic rings. The van der Waals surface area contributed by atoms with E-state index in [9.17, 15) is 9.59 Å². The highest BCUT2D eigenvalue weighted by Crippen LogP contribution is 2.26. The maximum Gasteiger partial charge on any atom is 0.228 e. The molecular weight excluding hydrogens is 366 g/mol. The second-order valence-corrected chi connectivity index (χ2v) is 7.49. The first kappa shape index (κ1) is 18.3. The van der Waals surface area contributed by atoms with Gasteiger partial charge in [0.2, 0.25) is 11.8 Å². The van der Waals surface area contributed by atoms with Crippen molar-refractivity contribution in [2.24, 2.45) is 5.73 Å². The Balaban J connectivity index is 1.69. The Bertz CT molecular complexity index is 860. The van der Waals surface area contributed by atoms with Crippen molar-refractivity contribution in [3.05, 3.63) is 63.8 Å². The van der Waals surface area contributed by atoms with Crippen LogP contribution in [0.5, 0.6) is 0 Å². The first-order valence-electron chi connectivity index (χ1n) is 8.19. The Kier molecular flexibility index (Phi) is 6.14. The van der Waals surface area contributed by atoms with E-state index in [0.29, 0.717) is 13.1 Å². The molecule has 0 radical (unpaired) electrons. The lowest BCUT2D eigenvalue weighted by molar-refractivity contribution is -0.131. The van der Waals surface area contributed by atoms with Crippen molar-refractivity contribution in [3.8, 4) is 10.6 Å². The Hall–Kier alpha value is -2.51. The van der Waals surface area contributed by atoms with Crippen LogP contribution in [-0.2, 0) is 22.6 Å². The number of primary amides is 1. The molecule has 3 rings (SSSR count). The summed E-state index contributed by atoms with van der Waals surface area (Å²) in [5, 5.41) is 6.88. The van der Waals surface area contributed by atoms with Gasteiger partial charge in [0.25, 0.3) is 0 Å². The van der Waals surface area contributed by atoms with E-state index in [4.69, 9.17) is 5.73 Å². The molecule has 0 aliphatic rings.